The minimum absolute atomic E-state index is 0.00859. The van der Waals surface area contributed by atoms with Gasteiger partial charge >= 0.3 is 0 Å². The zero-order valence-corrected chi connectivity index (χ0v) is 11.0. The lowest BCUT2D eigenvalue weighted by atomic mass is 10.1. The van der Waals surface area contributed by atoms with Crippen molar-refractivity contribution >= 4 is 0 Å². The molecule has 0 fully saturated rings. The van der Waals surface area contributed by atoms with E-state index in [1.807, 2.05) is 0 Å². The third-order valence-electron chi connectivity index (χ3n) is 3.05. The Balaban J connectivity index is 1.79. The van der Waals surface area contributed by atoms with Crippen molar-refractivity contribution in [1.82, 2.24) is 5.32 Å². The molecule has 0 heterocycles. The van der Waals surface area contributed by atoms with E-state index in [1.54, 1.807) is 30.3 Å². The molecule has 0 spiro atoms. The second kappa shape index (κ2) is 6.57. The maximum atomic E-state index is 13.8. The van der Waals surface area contributed by atoms with Gasteiger partial charge in [0.05, 0.1) is 6.54 Å². The Kier molecular flexibility index (Phi) is 4.79. The summed E-state index contributed by atoms with van der Waals surface area (Å²) < 4.78 is 40.3. The molecule has 2 aromatic carbocycles. The first-order chi connectivity index (χ1) is 9.58. The van der Waals surface area contributed by atoms with Crippen molar-refractivity contribution in [3.8, 4) is 0 Å². The highest BCUT2D eigenvalue weighted by molar-refractivity contribution is 5.20. The third kappa shape index (κ3) is 4.10. The zero-order valence-electron chi connectivity index (χ0n) is 11.0. The van der Waals surface area contributed by atoms with Gasteiger partial charge in [0.1, 0.15) is 5.82 Å². The van der Waals surface area contributed by atoms with Gasteiger partial charge in [0.15, 0.2) is 0 Å². The molecule has 20 heavy (non-hydrogen) atoms. The topological polar surface area (TPSA) is 12.0 Å². The summed E-state index contributed by atoms with van der Waals surface area (Å²) in [5.41, 5.74) is 0.927. The number of benzene rings is 2. The highest BCUT2D eigenvalue weighted by Gasteiger charge is 2.30. The standard InChI is InChI=1S/C16H16F3N/c17-15-8-6-13(7-9-15)10-11-20-12-16(18,19)14-4-2-1-3-5-14/h1-9,20H,10-12H2. The molecule has 1 N–H and O–H groups in total. The Morgan fingerprint density at radius 1 is 0.900 bits per heavy atom. The van der Waals surface area contributed by atoms with E-state index in [0.29, 0.717) is 13.0 Å². The first kappa shape index (κ1) is 14.6. The molecule has 0 radical (unpaired) electrons. The van der Waals surface area contributed by atoms with Crippen molar-refractivity contribution in [2.45, 2.75) is 12.3 Å². The summed E-state index contributed by atoms with van der Waals surface area (Å²) in [7, 11) is 0. The van der Waals surface area contributed by atoms with Crippen LogP contribution in [0.3, 0.4) is 0 Å². The monoisotopic (exact) mass is 279 g/mol. The van der Waals surface area contributed by atoms with E-state index in [4.69, 9.17) is 0 Å². The van der Waals surface area contributed by atoms with Crippen LogP contribution < -0.4 is 5.32 Å². The molecule has 0 aromatic heterocycles. The van der Waals surface area contributed by atoms with Crippen LogP contribution in [0.4, 0.5) is 13.2 Å². The molecular formula is C16H16F3N. The number of alkyl halides is 2. The Bertz CT molecular complexity index is 523. The largest absolute Gasteiger partial charge is 0.311 e. The van der Waals surface area contributed by atoms with Crippen LogP contribution in [0.15, 0.2) is 54.6 Å². The van der Waals surface area contributed by atoms with Crippen LogP contribution in [0.1, 0.15) is 11.1 Å². The maximum absolute atomic E-state index is 13.8. The average molecular weight is 279 g/mol. The Morgan fingerprint density at radius 2 is 1.55 bits per heavy atom. The lowest BCUT2D eigenvalue weighted by Crippen LogP contribution is -2.31. The summed E-state index contributed by atoms with van der Waals surface area (Å²) in [4.78, 5) is 0. The van der Waals surface area contributed by atoms with Gasteiger partial charge in [0.25, 0.3) is 5.92 Å². The average Bonchev–Trinajstić information content (AvgIpc) is 2.46. The molecule has 0 aliphatic rings. The molecule has 0 saturated heterocycles. The van der Waals surface area contributed by atoms with Gasteiger partial charge < -0.3 is 5.32 Å². The van der Waals surface area contributed by atoms with Crippen LogP contribution in [-0.2, 0) is 12.3 Å². The van der Waals surface area contributed by atoms with Crippen LogP contribution in [0.2, 0.25) is 0 Å². The highest BCUT2D eigenvalue weighted by atomic mass is 19.3. The van der Waals surface area contributed by atoms with E-state index in [2.05, 4.69) is 5.32 Å². The van der Waals surface area contributed by atoms with E-state index >= 15 is 0 Å². The number of halogens is 3. The van der Waals surface area contributed by atoms with Gasteiger partial charge in [0.2, 0.25) is 0 Å². The van der Waals surface area contributed by atoms with Gasteiger partial charge in [-0.05, 0) is 30.7 Å². The minimum atomic E-state index is -2.88. The molecule has 0 unspecified atom stereocenters. The van der Waals surface area contributed by atoms with E-state index in [1.165, 1.54) is 24.3 Å². The van der Waals surface area contributed by atoms with Gasteiger partial charge in [-0.25, -0.2) is 4.39 Å². The number of hydrogen-bond donors (Lipinski definition) is 1. The van der Waals surface area contributed by atoms with Crippen LogP contribution >= 0.6 is 0 Å². The molecule has 0 amide bonds. The fourth-order valence-electron chi connectivity index (χ4n) is 1.91. The fraction of sp³-hybridized carbons (Fsp3) is 0.250. The molecule has 0 aliphatic carbocycles. The number of hydrogen-bond acceptors (Lipinski definition) is 1. The van der Waals surface area contributed by atoms with Gasteiger partial charge in [-0.1, -0.05) is 42.5 Å². The van der Waals surface area contributed by atoms with Crippen molar-refractivity contribution in [2.75, 3.05) is 13.1 Å². The molecule has 4 heteroatoms. The quantitative estimate of drug-likeness (QED) is 0.794. The van der Waals surface area contributed by atoms with Crippen molar-refractivity contribution < 1.29 is 13.2 Å². The van der Waals surface area contributed by atoms with E-state index in [9.17, 15) is 13.2 Å². The highest BCUT2D eigenvalue weighted by Crippen LogP contribution is 2.26. The first-order valence-electron chi connectivity index (χ1n) is 6.46. The van der Waals surface area contributed by atoms with Crippen molar-refractivity contribution in [3.05, 3.63) is 71.5 Å². The molecule has 2 rings (SSSR count). The number of rotatable bonds is 6. The summed E-state index contributed by atoms with van der Waals surface area (Å²) in [5.74, 6) is -3.18. The van der Waals surface area contributed by atoms with Crippen LogP contribution in [0.5, 0.6) is 0 Å². The molecular weight excluding hydrogens is 263 g/mol. The van der Waals surface area contributed by atoms with Gasteiger partial charge in [-0.15, -0.1) is 0 Å². The summed E-state index contributed by atoms with van der Waals surface area (Å²) in [6.45, 7) is 0.0201. The van der Waals surface area contributed by atoms with Gasteiger partial charge in [-0.2, -0.15) is 8.78 Å². The Labute approximate surface area is 116 Å². The molecule has 0 bridgehead atoms. The van der Waals surface area contributed by atoms with Crippen LogP contribution in [0.25, 0.3) is 0 Å². The summed E-state index contributed by atoms with van der Waals surface area (Å²) in [5, 5.41) is 2.74. The second-order valence-electron chi connectivity index (χ2n) is 4.62. The van der Waals surface area contributed by atoms with Crippen LogP contribution in [-0.4, -0.2) is 13.1 Å². The van der Waals surface area contributed by atoms with Crippen LogP contribution in [0, 0.1) is 5.82 Å². The SMILES string of the molecule is Fc1ccc(CCNCC(F)(F)c2ccccc2)cc1. The predicted octanol–water partition coefficient (Wildman–Crippen LogP) is 3.75. The smallest absolute Gasteiger partial charge is 0.285 e. The van der Waals surface area contributed by atoms with Crippen molar-refractivity contribution in [1.29, 1.82) is 0 Å². The summed E-state index contributed by atoms with van der Waals surface area (Å²) >= 11 is 0. The Morgan fingerprint density at radius 3 is 2.20 bits per heavy atom. The summed E-state index contributed by atoms with van der Waals surface area (Å²) in [6, 6.07) is 13.8. The molecule has 106 valence electrons. The lowest BCUT2D eigenvalue weighted by Gasteiger charge is -2.17. The third-order valence-corrected chi connectivity index (χ3v) is 3.05. The molecule has 0 atom stereocenters. The molecule has 0 aliphatic heterocycles. The molecule has 1 nitrogen and oxygen atoms in total. The fourth-order valence-corrected chi connectivity index (χ4v) is 1.91. The Hall–Kier alpha value is -1.81. The lowest BCUT2D eigenvalue weighted by molar-refractivity contribution is -0.00285. The zero-order chi connectivity index (χ0) is 14.4. The van der Waals surface area contributed by atoms with Crippen molar-refractivity contribution in [2.24, 2.45) is 0 Å². The van der Waals surface area contributed by atoms with E-state index in [0.717, 1.165) is 5.56 Å². The molecule has 0 saturated carbocycles. The minimum Gasteiger partial charge on any atom is -0.311 e. The van der Waals surface area contributed by atoms with Gasteiger partial charge in [-0.3, -0.25) is 0 Å². The molecule has 2 aromatic rings. The van der Waals surface area contributed by atoms with Gasteiger partial charge in [0, 0.05) is 5.56 Å². The second-order valence-corrected chi connectivity index (χ2v) is 4.62. The maximum Gasteiger partial charge on any atom is 0.285 e. The van der Waals surface area contributed by atoms with E-state index < -0.39 is 12.5 Å². The number of nitrogens with one attached hydrogen (secondary N) is 1. The van der Waals surface area contributed by atoms with E-state index in [-0.39, 0.29) is 11.4 Å². The summed E-state index contributed by atoms with van der Waals surface area (Å²) in [6.07, 6.45) is 0.588. The first-order valence-corrected chi connectivity index (χ1v) is 6.46. The normalized spacial score (nSPS) is 11.6. The predicted molar refractivity (Wildman–Crippen MR) is 73.3 cm³/mol. The van der Waals surface area contributed by atoms with Crippen molar-refractivity contribution in [3.63, 3.8) is 0 Å².